The van der Waals surface area contributed by atoms with Crippen molar-refractivity contribution in [2.24, 2.45) is 0 Å². The molecule has 0 saturated carbocycles. The van der Waals surface area contributed by atoms with Crippen LogP contribution in [0.1, 0.15) is 20.3 Å². The predicted molar refractivity (Wildman–Crippen MR) is 39.5 cm³/mol. The largest absolute Gasteiger partial charge is 0.378 e. The van der Waals surface area contributed by atoms with E-state index in [-0.39, 0.29) is 12.3 Å². The molecule has 0 saturated heterocycles. The second-order valence-electron chi connectivity index (χ2n) is 2.80. The molecule has 0 atom stereocenters. The van der Waals surface area contributed by atoms with Crippen molar-refractivity contribution in [1.29, 1.82) is 5.26 Å². The molecule has 62 valence electrons. The van der Waals surface area contributed by atoms with Crippen molar-refractivity contribution in [2.75, 3.05) is 7.11 Å². The highest BCUT2D eigenvalue weighted by atomic mass is 16.5. The average molecular weight is 156 g/mol. The van der Waals surface area contributed by atoms with E-state index in [2.05, 4.69) is 0 Å². The van der Waals surface area contributed by atoms with Gasteiger partial charge in [0.25, 0.3) is 0 Å². The summed E-state index contributed by atoms with van der Waals surface area (Å²) in [5.41, 5.74) is -0.499. The zero-order valence-corrected chi connectivity index (χ0v) is 6.97. The SMILES string of the molecule is COC(C)(C)CC(=O)NC#N. The number of amides is 1. The van der Waals surface area contributed by atoms with Gasteiger partial charge in [-0.15, -0.1) is 0 Å². The Kier molecular flexibility index (Phi) is 3.55. The lowest BCUT2D eigenvalue weighted by Crippen LogP contribution is -2.31. The number of carbonyl (C=O) groups is 1. The van der Waals surface area contributed by atoms with Crippen LogP contribution in [0.15, 0.2) is 0 Å². The molecule has 11 heavy (non-hydrogen) atoms. The van der Waals surface area contributed by atoms with Gasteiger partial charge < -0.3 is 4.74 Å². The van der Waals surface area contributed by atoms with Gasteiger partial charge in [-0.25, -0.2) is 0 Å². The van der Waals surface area contributed by atoms with Gasteiger partial charge in [-0.1, -0.05) is 0 Å². The lowest BCUT2D eigenvalue weighted by atomic mass is 10.1. The first kappa shape index (κ1) is 9.92. The van der Waals surface area contributed by atoms with Crippen LogP contribution in [-0.4, -0.2) is 18.6 Å². The number of rotatable bonds is 3. The predicted octanol–water partition coefficient (Wildman–Crippen LogP) is 0.399. The Morgan fingerprint density at radius 1 is 1.73 bits per heavy atom. The van der Waals surface area contributed by atoms with Crippen LogP contribution in [0.4, 0.5) is 0 Å². The van der Waals surface area contributed by atoms with Crippen LogP contribution in [-0.2, 0) is 9.53 Å². The number of nitrogens with one attached hydrogen (secondary N) is 1. The molecule has 0 rings (SSSR count). The Morgan fingerprint density at radius 2 is 2.27 bits per heavy atom. The summed E-state index contributed by atoms with van der Waals surface area (Å²) in [5, 5.41) is 10.1. The van der Waals surface area contributed by atoms with Gasteiger partial charge >= 0.3 is 0 Å². The number of nitriles is 1. The molecule has 0 fully saturated rings. The molecular weight excluding hydrogens is 144 g/mol. The fraction of sp³-hybridized carbons (Fsp3) is 0.714. The molecule has 0 heterocycles. The molecule has 0 aromatic heterocycles. The highest BCUT2D eigenvalue weighted by Crippen LogP contribution is 2.11. The van der Waals surface area contributed by atoms with Gasteiger partial charge in [0.2, 0.25) is 5.91 Å². The fourth-order valence-electron chi connectivity index (χ4n) is 0.565. The number of carbonyl (C=O) groups excluding carboxylic acids is 1. The Morgan fingerprint density at radius 3 is 2.64 bits per heavy atom. The molecule has 0 aliphatic heterocycles. The van der Waals surface area contributed by atoms with Gasteiger partial charge in [0.1, 0.15) is 0 Å². The number of hydrogen-bond donors (Lipinski definition) is 1. The molecular formula is C7H12N2O2. The molecule has 0 aromatic carbocycles. The normalized spacial score (nSPS) is 10.4. The third-order valence-electron chi connectivity index (χ3n) is 1.33. The van der Waals surface area contributed by atoms with Gasteiger partial charge in [0, 0.05) is 7.11 Å². The Bertz CT molecular complexity index is 181. The number of methoxy groups -OCH3 is 1. The van der Waals surface area contributed by atoms with Gasteiger partial charge in [-0.2, -0.15) is 5.26 Å². The molecule has 4 heteroatoms. The van der Waals surface area contributed by atoms with Crippen LogP contribution in [0.25, 0.3) is 0 Å². The first-order valence-corrected chi connectivity index (χ1v) is 3.25. The van der Waals surface area contributed by atoms with Gasteiger partial charge in [-0.3, -0.25) is 10.1 Å². The smallest absolute Gasteiger partial charge is 0.235 e. The maximum absolute atomic E-state index is 10.8. The van der Waals surface area contributed by atoms with E-state index in [1.165, 1.54) is 7.11 Å². The van der Waals surface area contributed by atoms with Crippen LogP contribution in [0.2, 0.25) is 0 Å². The summed E-state index contributed by atoms with van der Waals surface area (Å²) in [5.74, 6) is -0.320. The average Bonchev–Trinajstić information content (AvgIpc) is 1.87. The van der Waals surface area contributed by atoms with Crippen LogP contribution in [0.3, 0.4) is 0 Å². The topological polar surface area (TPSA) is 62.1 Å². The van der Waals surface area contributed by atoms with E-state index in [1.807, 2.05) is 5.32 Å². The second-order valence-corrected chi connectivity index (χ2v) is 2.80. The first-order chi connectivity index (χ1) is 5.02. The third kappa shape index (κ3) is 4.34. The third-order valence-corrected chi connectivity index (χ3v) is 1.33. The summed E-state index contributed by atoms with van der Waals surface area (Å²) in [6.07, 6.45) is 1.75. The molecule has 0 bridgehead atoms. The molecule has 0 aromatic rings. The minimum Gasteiger partial charge on any atom is -0.378 e. The van der Waals surface area contributed by atoms with Gasteiger partial charge in [0.15, 0.2) is 6.19 Å². The molecule has 4 nitrogen and oxygen atoms in total. The summed E-state index contributed by atoms with van der Waals surface area (Å²) < 4.78 is 4.98. The number of hydrogen-bond acceptors (Lipinski definition) is 3. The van der Waals surface area contributed by atoms with Crippen molar-refractivity contribution < 1.29 is 9.53 Å². The van der Waals surface area contributed by atoms with Crippen LogP contribution in [0.5, 0.6) is 0 Å². The molecule has 1 amide bonds. The van der Waals surface area contributed by atoms with E-state index in [1.54, 1.807) is 20.0 Å². The molecule has 1 N–H and O–H groups in total. The molecule has 0 aliphatic carbocycles. The summed E-state index contributed by atoms with van der Waals surface area (Å²) in [7, 11) is 1.53. The van der Waals surface area contributed by atoms with Crippen molar-refractivity contribution in [1.82, 2.24) is 5.32 Å². The van der Waals surface area contributed by atoms with Crippen molar-refractivity contribution >= 4 is 5.91 Å². The van der Waals surface area contributed by atoms with E-state index in [4.69, 9.17) is 10.00 Å². The molecule has 0 unspecified atom stereocenters. The van der Waals surface area contributed by atoms with E-state index < -0.39 is 5.60 Å². The van der Waals surface area contributed by atoms with Crippen molar-refractivity contribution in [3.05, 3.63) is 0 Å². The Hall–Kier alpha value is -1.08. The standard InChI is InChI=1S/C7H12N2O2/c1-7(2,11-3)4-6(10)9-5-8/h4H2,1-3H3,(H,9,10). The first-order valence-electron chi connectivity index (χ1n) is 3.25. The maximum Gasteiger partial charge on any atom is 0.235 e. The monoisotopic (exact) mass is 156 g/mol. The summed E-state index contributed by atoms with van der Waals surface area (Å²) in [6, 6.07) is 0. The lowest BCUT2D eigenvalue weighted by molar-refractivity contribution is -0.124. The summed E-state index contributed by atoms with van der Waals surface area (Å²) in [4.78, 5) is 10.8. The van der Waals surface area contributed by atoms with Crippen molar-refractivity contribution in [2.45, 2.75) is 25.9 Å². The Labute approximate surface area is 66.1 Å². The second kappa shape index (κ2) is 3.94. The summed E-state index contributed by atoms with van der Waals surface area (Å²) >= 11 is 0. The minimum absolute atomic E-state index is 0.192. The van der Waals surface area contributed by atoms with Gasteiger partial charge in [-0.05, 0) is 13.8 Å². The zero-order chi connectivity index (χ0) is 8.91. The number of ether oxygens (including phenoxy) is 1. The Balaban J connectivity index is 3.86. The van der Waals surface area contributed by atoms with Crippen LogP contribution < -0.4 is 5.32 Å². The van der Waals surface area contributed by atoms with Crippen LogP contribution in [0, 0.1) is 11.5 Å². The van der Waals surface area contributed by atoms with E-state index in [0.717, 1.165) is 0 Å². The minimum atomic E-state index is -0.499. The fourth-order valence-corrected chi connectivity index (χ4v) is 0.565. The molecule has 0 spiro atoms. The zero-order valence-electron chi connectivity index (χ0n) is 6.97. The molecule has 0 aliphatic rings. The molecule has 0 radical (unpaired) electrons. The van der Waals surface area contributed by atoms with Crippen LogP contribution >= 0.6 is 0 Å². The highest BCUT2D eigenvalue weighted by Gasteiger charge is 2.20. The van der Waals surface area contributed by atoms with Crippen molar-refractivity contribution in [3.63, 3.8) is 0 Å². The van der Waals surface area contributed by atoms with Gasteiger partial charge in [0.05, 0.1) is 12.0 Å². The maximum atomic E-state index is 10.8. The highest BCUT2D eigenvalue weighted by molar-refractivity contribution is 5.78. The number of nitrogens with zero attached hydrogens (tertiary/aromatic N) is 1. The van der Waals surface area contributed by atoms with E-state index in [9.17, 15) is 4.79 Å². The lowest BCUT2D eigenvalue weighted by Gasteiger charge is -2.20. The quantitative estimate of drug-likeness (QED) is 0.475. The van der Waals surface area contributed by atoms with E-state index >= 15 is 0 Å². The summed E-state index contributed by atoms with van der Waals surface area (Å²) in [6.45, 7) is 3.56. The van der Waals surface area contributed by atoms with Crippen molar-refractivity contribution in [3.8, 4) is 6.19 Å². The van der Waals surface area contributed by atoms with E-state index in [0.29, 0.717) is 0 Å².